The summed E-state index contributed by atoms with van der Waals surface area (Å²) < 4.78 is 10.6. The van der Waals surface area contributed by atoms with Crippen LogP contribution in [-0.4, -0.2) is 18.8 Å². The second-order valence-electron chi connectivity index (χ2n) is 6.19. The van der Waals surface area contributed by atoms with Gasteiger partial charge in [-0.05, 0) is 34.4 Å². The predicted octanol–water partition coefficient (Wildman–Crippen LogP) is 5.99. The van der Waals surface area contributed by atoms with Gasteiger partial charge in [0, 0.05) is 5.75 Å². The zero-order valence-corrected chi connectivity index (χ0v) is 17.1. The maximum atomic E-state index is 11.2. The highest BCUT2D eigenvalue weighted by atomic mass is 35.5. The first-order valence-corrected chi connectivity index (χ1v) is 10.4. The van der Waals surface area contributed by atoms with Crippen molar-refractivity contribution in [2.75, 3.05) is 12.9 Å². The summed E-state index contributed by atoms with van der Waals surface area (Å²) in [6, 6.07) is 24.3. The van der Waals surface area contributed by atoms with Crippen LogP contribution in [0.2, 0.25) is 5.02 Å². The maximum Gasteiger partial charge on any atom is 0.315 e. The summed E-state index contributed by atoms with van der Waals surface area (Å²) in [7, 11) is 1.39. The third-order valence-electron chi connectivity index (χ3n) is 4.17. The largest absolute Gasteiger partial charge is 0.487 e. The molecule has 3 aromatic carbocycles. The lowest BCUT2D eigenvalue weighted by atomic mass is 10.0. The van der Waals surface area contributed by atoms with Crippen LogP contribution in [0, 0.1) is 0 Å². The van der Waals surface area contributed by atoms with Crippen LogP contribution in [0.15, 0.2) is 72.8 Å². The fraction of sp³-hybridized carbons (Fsp3) is 0.174. The smallest absolute Gasteiger partial charge is 0.315 e. The van der Waals surface area contributed by atoms with E-state index in [-0.39, 0.29) is 5.97 Å². The van der Waals surface area contributed by atoms with Gasteiger partial charge in [-0.2, -0.15) is 0 Å². The Morgan fingerprint density at radius 3 is 2.32 bits per heavy atom. The fourth-order valence-electron chi connectivity index (χ4n) is 2.64. The first kappa shape index (κ1) is 20.3. The third-order valence-corrected chi connectivity index (χ3v) is 5.46. The van der Waals surface area contributed by atoms with E-state index in [2.05, 4.69) is 41.1 Å². The Balaban J connectivity index is 1.59. The zero-order valence-electron chi connectivity index (χ0n) is 15.6. The van der Waals surface area contributed by atoms with Crippen molar-refractivity contribution in [3.8, 4) is 16.9 Å². The van der Waals surface area contributed by atoms with E-state index in [4.69, 9.17) is 16.3 Å². The van der Waals surface area contributed by atoms with Crippen LogP contribution in [-0.2, 0) is 21.9 Å². The summed E-state index contributed by atoms with van der Waals surface area (Å²) in [4.78, 5) is 11.2. The Hall–Kier alpha value is -2.43. The van der Waals surface area contributed by atoms with E-state index < -0.39 is 0 Å². The molecule has 3 nitrogen and oxygen atoms in total. The lowest BCUT2D eigenvalue weighted by Gasteiger charge is -2.11. The van der Waals surface area contributed by atoms with E-state index in [1.165, 1.54) is 30.0 Å². The molecule has 0 amide bonds. The molecule has 3 rings (SSSR count). The second kappa shape index (κ2) is 10.2. The van der Waals surface area contributed by atoms with Gasteiger partial charge in [0.25, 0.3) is 0 Å². The van der Waals surface area contributed by atoms with Crippen LogP contribution in [0.1, 0.15) is 11.1 Å². The summed E-state index contributed by atoms with van der Waals surface area (Å²) in [5, 5.41) is 0.572. The molecule has 0 heterocycles. The van der Waals surface area contributed by atoms with Gasteiger partial charge in [-0.3, -0.25) is 4.79 Å². The Morgan fingerprint density at radius 1 is 0.929 bits per heavy atom. The number of carbonyl (C=O) groups excluding carboxylic acids is 1. The van der Waals surface area contributed by atoms with Crippen LogP contribution in [0.5, 0.6) is 5.75 Å². The topological polar surface area (TPSA) is 35.5 Å². The van der Waals surface area contributed by atoms with Crippen molar-refractivity contribution in [3.63, 3.8) is 0 Å². The van der Waals surface area contributed by atoms with Crippen molar-refractivity contribution in [2.45, 2.75) is 12.4 Å². The minimum Gasteiger partial charge on any atom is -0.487 e. The number of carbonyl (C=O) groups is 1. The molecule has 0 aliphatic heterocycles. The average Bonchev–Trinajstić information content (AvgIpc) is 2.74. The number of hydrogen-bond donors (Lipinski definition) is 0. The summed E-state index contributed by atoms with van der Waals surface area (Å²) in [5.74, 6) is 1.43. The van der Waals surface area contributed by atoms with E-state index >= 15 is 0 Å². The Labute approximate surface area is 174 Å². The van der Waals surface area contributed by atoms with Gasteiger partial charge < -0.3 is 9.47 Å². The highest BCUT2D eigenvalue weighted by Crippen LogP contribution is 2.28. The molecule has 0 aliphatic carbocycles. The molecule has 144 valence electrons. The SMILES string of the molecule is COC(=O)CSCc1ccc(Cl)c(OCc2ccc(-c3ccccc3)cc2)c1. The van der Waals surface area contributed by atoms with Crippen LogP contribution in [0.4, 0.5) is 0 Å². The van der Waals surface area contributed by atoms with Gasteiger partial charge in [0.2, 0.25) is 0 Å². The van der Waals surface area contributed by atoms with E-state index in [9.17, 15) is 4.79 Å². The van der Waals surface area contributed by atoms with E-state index in [0.717, 1.165) is 11.1 Å². The number of hydrogen-bond acceptors (Lipinski definition) is 4. The van der Waals surface area contributed by atoms with Gasteiger partial charge in [0.15, 0.2) is 0 Å². The highest BCUT2D eigenvalue weighted by molar-refractivity contribution is 7.99. The van der Waals surface area contributed by atoms with Crippen molar-refractivity contribution in [2.24, 2.45) is 0 Å². The predicted molar refractivity (Wildman–Crippen MR) is 116 cm³/mol. The van der Waals surface area contributed by atoms with E-state index in [1.807, 2.05) is 36.4 Å². The summed E-state index contributed by atoms with van der Waals surface area (Å²) in [6.07, 6.45) is 0. The molecular weight excluding hydrogens is 392 g/mol. The normalized spacial score (nSPS) is 10.5. The van der Waals surface area contributed by atoms with Crippen LogP contribution >= 0.6 is 23.4 Å². The molecule has 5 heteroatoms. The van der Waals surface area contributed by atoms with Crippen LogP contribution < -0.4 is 4.74 Å². The average molecular weight is 413 g/mol. The lowest BCUT2D eigenvalue weighted by Crippen LogP contribution is -2.03. The minimum absolute atomic E-state index is 0.227. The number of benzene rings is 3. The van der Waals surface area contributed by atoms with Crippen molar-refractivity contribution in [1.29, 1.82) is 0 Å². The van der Waals surface area contributed by atoms with Gasteiger partial charge in [-0.1, -0.05) is 72.3 Å². The highest BCUT2D eigenvalue weighted by Gasteiger charge is 2.06. The minimum atomic E-state index is -0.227. The Morgan fingerprint density at radius 2 is 1.61 bits per heavy atom. The molecule has 0 aromatic heterocycles. The number of rotatable bonds is 8. The first-order chi connectivity index (χ1) is 13.7. The summed E-state index contributed by atoms with van der Waals surface area (Å²) >= 11 is 7.76. The number of methoxy groups -OCH3 is 1. The molecule has 0 spiro atoms. The van der Waals surface area contributed by atoms with Gasteiger partial charge in [0.1, 0.15) is 12.4 Å². The first-order valence-electron chi connectivity index (χ1n) is 8.86. The van der Waals surface area contributed by atoms with Crippen molar-refractivity contribution < 1.29 is 14.3 Å². The molecule has 0 atom stereocenters. The zero-order chi connectivity index (χ0) is 19.8. The molecule has 0 saturated heterocycles. The number of thioether (sulfide) groups is 1. The molecule has 3 aromatic rings. The second-order valence-corrected chi connectivity index (χ2v) is 7.58. The van der Waals surface area contributed by atoms with Gasteiger partial charge in [0.05, 0.1) is 17.9 Å². The molecule has 0 saturated carbocycles. The summed E-state index contributed by atoms with van der Waals surface area (Å²) in [6.45, 7) is 0.438. The van der Waals surface area contributed by atoms with Gasteiger partial charge >= 0.3 is 5.97 Å². The maximum absolute atomic E-state index is 11.2. The third kappa shape index (κ3) is 5.78. The molecule has 0 fully saturated rings. The Bertz CT molecular complexity index is 911. The standard InChI is InChI=1S/C23H21ClO3S/c1-26-23(25)16-28-15-18-9-12-21(24)22(13-18)27-14-17-7-10-20(11-8-17)19-5-3-2-4-6-19/h2-13H,14-16H2,1H3. The van der Waals surface area contributed by atoms with Gasteiger partial charge in [-0.25, -0.2) is 0 Å². The van der Waals surface area contributed by atoms with Crippen molar-refractivity contribution in [1.82, 2.24) is 0 Å². The Kier molecular flexibility index (Phi) is 7.40. The van der Waals surface area contributed by atoms with Crippen LogP contribution in [0.3, 0.4) is 0 Å². The molecular formula is C23H21ClO3S. The van der Waals surface area contributed by atoms with E-state index in [0.29, 0.717) is 28.9 Å². The molecule has 0 radical (unpaired) electrons. The van der Waals surface area contributed by atoms with E-state index in [1.54, 1.807) is 0 Å². The molecule has 0 N–H and O–H groups in total. The number of halogens is 1. The number of ether oxygens (including phenoxy) is 2. The number of esters is 1. The molecule has 0 unspecified atom stereocenters. The molecule has 0 aliphatic rings. The fourth-order valence-corrected chi connectivity index (χ4v) is 3.62. The monoisotopic (exact) mass is 412 g/mol. The van der Waals surface area contributed by atoms with Crippen molar-refractivity contribution in [3.05, 3.63) is 88.9 Å². The van der Waals surface area contributed by atoms with Crippen LogP contribution in [0.25, 0.3) is 11.1 Å². The molecule has 28 heavy (non-hydrogen) atoms. The summed E-state index contributed by atoms with van der Waals surface area (Å²) in [5.41, 5.74) is 4.48. The lowest BCUT2D eigenvalue weighted by molar-refractivity contribution is -0.137. The molecule has 0 bridgehead atoms. The quantitative estimate of drug-likeness (QED) is 0.425. The van der Waals surface area contributed by atoms with Crippen molar-refractivity contribution >= 4 is 29.3 Å². The van der Waals surface area contributed by atoms with Gasteiger partial charge in [-0.15, -0.1) is 11.8 Å².